The van der Waals surface area contributed by atoms with E-state index in [1.807, 2.05) is 36.6 Å². The van der Waals surface area contributed by atoms with Gasteiger partial charge >= 0.3 is 0 Å². The molecule has 106 valence electrons. The van der Waals surface area contributed by atoms with Gasteiger partial charge in [0, 0.05) is 16.2 Å². The highest BCUT2D eigenvalue weighted by atomic mass is 35.5. The van der Waals surface area contributed by atoms with Crippen LogP contribution in [0.1, 0.15) is 11.3 Å². The third-order valence-electron chi connectivity index (χ3n) is 3.10. The summed E-state index contributed by atoms with van der Waals surface area (Å²) in [5, 5.41) is 9.56. The van der Waals surface area contributed by atoms with Crippen molar-refractivity contribution in [3.63, 3.8) is 0 Å². The van der Waals surface area contributed by atoms with Gasteiger partial charge in [0.1, 0.15) is 5.65 Å². The summed E-state index contributed by atoms with van der Waals surface area (Å²) in [6.07, 6.45) is 1.92. The van der Waals surface area contributed by atoms with Crippen LogP contribution in [0.2, 0.25) is 10.0 Å². The molecule has 4 nitrogen and oxygen atoms in total. The van der Waals surface area contributed by atoms with Gasteiger partial charge in [0.25, 0.3) is 0 Å². The summed E-state index contributed by atoms with van der Waals surface area (Å²) in [5.74, 6) is 0.699. The lowest BCUT2D eigenvalue weighted by Crippen LogP contribution is -1.85. The fourth-order valence-corrected chi connectivity index (χ4v) is 2.64. The minimum atomic E-state index is 0.530. The number of fused-ring (bicyclic) bond motifs is 1. The number of halogens is 2. The molecule has 0 aliphatic rings. The predicted molar refractivity (Wildman–Crippen MR) is 85.3 cm³/mol. The maximum atomic E-state index is 5.95. The molecule has 2 heterocycles. The van der Waals surface area contributed by atoms with E-state index in [-0.39, 0.29) is 0 Å². The van der Waals surface area contributed by atoms with E-state index >= 15 is 0 Å². The Labute approximate surface area is 132 Å². The largest absolute Gasteiger partial charge is 0.283 e. The standard InChI is InChI=1S/C15H12Cl2N4/c1-9-4-3-5-21-14(9)18-10(2)15(21)20-19-13-7-11(16)6-12(17)8-13/h3-8H,1-2H3. The fraction of sp³-hybridized carbons (Fsp3) is 0.133. The molecule has 0 radical (unpaired) electrons. The van der Waals surface area contributed by atoms with E-state index in [9.17, 15) is 0 Å². The Kier molecular flexibility index (Phi) is 3.66. The first-order valence-electron chi connectivity index (χ1n) is 6.37. The highest BCUT2D eigenvalue weighted by molar-refractivity contribution is 6.35. The Morgan fingerprint density at radius 2 is 1.76 bits per heavy atom. The molecule has 0 fully saturated rings. The average molecular weight is 319 g/mol. The molecule has 3 rings (SSSR count). The zero-order valence-corrected chi connectivity index (χ0v) is 13.0. The fourth-order valence-electron chi connectivity index (χ4n) is 2.13. The highest BCUT2D eigenvalue weighted by Crippen LogP contribution is 2.28. The molecule has 0 bridgehead atoms. The lowest BCUT2D eigenvalue weighted by molar-refractivity contribution is 1.09. The number of azo groups is 1. The summed E-state index contributed by atoms with van der Waals surface area (Å²) < 4.78 is 1.92. The maximum absolute atomic E-state index is 5.95. The Balaban J connectivity index is 2.07. The van der Waals surface area contributed by atoms with Gasteiger partial charge in [-0.25, -0.2) is 4.98 Å². The number of benzene rings is 1. The lowest BCUT2D eigenvalue weighted by atomic mass is 10.3. The van der Waals surface area contributed by atoms with Crippen molar-refractivity contribution >= 4 is 40.4 Å². The maximum Gasteiger partial charge on any atom is 0.182 e. The van der Waals surface area contributed by atoms with E-state index in [1.54, 1.807) is 18.2 Å². The summed E-state index contributed by atoms with van der Waals surface area (Å²) >= 11 is 11.9. The molecule has 0 N–H and O–H groups in total. The summed E-state index contributed by atoms with van der Waals surface area (Å²) in [6.45, 7) is 3.92. The number of rotatable bonds is 2. The molecule has 0 amide bonds. The number of nitrogens with zero attached hydrogens (tertiary/aromatic N) is 4. The minimum absolute atomic E-state index is 0.530. The first kappa shape index (κ1) is 14.0. The van der Waals surface area contributed by atoms with Gasteiger partial charge in [-0.15, -0.1) is 10.2 Å². The Hall–Kier alpha value is -1.91. The average Bonchev–Trinajstić information content (AvgIpc) is 2.73. The molecule has 2 aromatic heterocycles. The van der Waals surface area contributed by atoms with Crippen molar-refractivity contribution in [2.24, 2.45) is 10.2 Å². The Morgan fingerprint density at radius 3 is 2.48 bits per heavy atom. The molecule has 0 spiro atoms. The van der Waals surface area contributed by atoms with E-state index in [4.69, 9.17) is 23.2 Å². The monoisotopic (exact) mass is 318 g/mol. The molecule has 1 aromatic carbocycles. The second-order valence-corrected chi connectivity index (χ2v) is 5.61. The summed E-state index contributed by atoms with van der Waals surface area (Å²) in [5.41, 5.74) is 3.40. The number of hydrogen-bond donors (Lipinski definition) is 0. The van der Waals surface area contributed by atoms with Gasteiger partial charge in [-0.2, -0.15) is 0 Å². The van der Waals surface area contributed by atoms with Crippen LogP contribution < -0.4 is 0 Å². The molecule has 0 aliphatic carbocycles. The van der Waals surface area contributed by atoms with E-state index in [0.717, 1.165) is 16.9 Å². The van der Waals surface area contributed by atoms with E-state index < -0.39 is 0 Å². The molecule has 3 aromatic rings. The van der Waals surface area contributed by atoms with Gasteiger partial charge in [-0.3, -0.25) is 4.40 Å². The van der Waals surface area contributed by atoms with Crippen molar-refractivity contribution in [2.75, 3.05) is 0 Å². The molecule has 21 heavy (non-hydrogen) atoms. The van der Waals surface area contributed by atoms with Crippen LogP contribution in [0.5, 0.6) is 0 Å². The SMILES string of the molecule is Cc1nc2c(C)cccn2c1N=Nc1cc(Cl)cc(Cl)c1. The normalized spacial score (nSPS) is 11.6. The van der Waals surface area contributed by atoms with Crippen LogP contribution in [-0.4, -0.2) is 9.38 Å². The number of imidazole rings is 1. The molecule has 0 atom stereocenters. The van der Waals surface area contributed by atoms with Crippen LogP contribution >= 0.6 is 23.2 Å². The van der Waals surface area contributed by atoms with Crippen molar-refractivity contribution in [1.82, 2.24) is 9.38 Å². The van der Waals surface area contributed by atoms with Gasteiger partial charge < -0.3 is 0 Å². The number of hydrogen-bond acceptors (Lipinski definition) is 3. The Morgan fingerprint density at radius 1 is 1.05 bits per heavy atom. The third kappa shape index (κ3) is 2.77. The number of aryl methyl sites for hydroxylation is 2. The van der Waals surface area contributed by atoms with Crippen molar-refractivity contribution in [3.8, 4) is 0 Å². The highest BCUT2D eigenvalue weighted by Gasteiger charge is 2.09. The number of pyridine rings is 1. The molecule has 0 aliphatic heterocycles. The zero-order valence-electron chi connectivity index (χ0n) is 11.5. The van der Waals surface area contributed by atoms with E-state index in [2.05, 4.69) is 15.2 Å². The topological polar surface area (TPSA) is 42.0 Å². The molecular formula is C15H12Cl2N4. The number of aromatic nitrogens is 2. The molecule has 0 saturated carbocycles. The van der Waals surface area contributed by atoms with Crippen LogP contribution in [0.3, 0.4) is 0 Å². The molecule has 0 saturated heterocycles. The van der Waals surface area contributed by atoms with E-state index in [0.29, 0.717) is 21.6 Å². The second-order valence-electron chi connectivity index (χ2n) is 4.73. The van der Waals surface area contributed by atoms with Gasteiger partial charge in [-0.1, -0.05) is 29.3 Å². The van der Waals surface area contributed by atoms with Crippen LogP contribution in [-0.2, 0) is 0 Å². The van der Waals surface area contributed by atoms with Gasteiger partial charge in [0.2, 0.25) is 0 Å². The predicted octanol–water partition coefficient (Wildman–Crippen LogP) is 5.67. The second kappa shape index (κ2) is 5.47. The van der Waals surface area contributed by atoms with Crippen molar-refractivity contribution in [1.29, 1.82) is 0 Å². The molecule has 6 heteroatoms. The molecular weight excluding hydrogens is 307 g/mol. The van der Waals surface area contributed by atoms with Crippen molar-refractivity contribution < 1.29 is 0 Å². The van der Waals surface area contributed by atoms with E-state index in [1.165, 1.54) is 0 Å². The lowest BCUT2D eigenvalue weighted by Gasteiger charge is -1.99. The quantitative estimate of drug-likeness (QED) is 0.561. The smallest absolute Gasteiger partial charge is 0.182 e. The van der Waals surface area contributed by atoms with Crippen LogP contribution in [0.25, 0.3) is 5.65 Å². The van der Waals surface area contributed by atoms with Crippen LogP contribution in [0.4, 0.5) is 11.5 Å². The first-order chi connectivity index (χ1) is 10.0. The summed E-state index contributed by atoms with van der Waals surface area (Å²) in [4.78, 5) is 4.52. The van der Waals surface area contributed by atoms with Crippen molar-refractivity contribution in [3.05, 3.63) is 57.8 Å². The summed E-state index contributed by atoms with van der Waals surface area (Å²) in [7, 11) is 0. The van der Waals surface area contributed by atoms with Crippen LogP contribution in [0, 0.1) is 13.8 Å². The van der Waals surface area contributed by atoms with Gasteiger partial charge in [0.05, 0.1) is 11.4 Å². The van der Waals surface area contributed by atoms with Crippen LogP contribution in [0.15, 0.2) is 46.8 Å². The summed E-state index contributed by atoms with van der Waals surface area (Å²) in [6, 6.07) is 9.05. The van der Waals surface area contributed by atoms with Gasteiger partial charge in [-0.05, 0) is 43.7 Å². The van der Waals surface area contributed by atoms with Crippen molar-refractivity contribution in [2.45, 2.75) is 13.8 Å². The van der Waals surface area contributed by atoms with Gasteiger partial charge in [0.15, 0.2) is 5.82 Å². The molecule has 0 unspecified atom stereocenters. The first-order valence-corrected chi connectivity index (χ1v) is 7.12. The zero-order chi connectivity index (χ0) is 15.0. The Bertz CT molecular complexity index is 832. The third-order valence-corrected chi connectivity index (χ3v) is 3.53. The minimum Gasteiger partial charge on any atom is -0.283 e.